The van der Waals surface area contributed by atoms with Gasteiger partial charge in [0.15, 0.2) is 0 Å². The first-order valence-corrected chi connectivity index (χ1v) is 6.76. The lowest BCUT2D eigenvalue weighted by atomic mass is 10.0. The molecule has 0 heterocycles. The van der Waals surface area contributed by atoms with Crippen molar-refractivity contribution in [1.29, 1.82) is 0 Å². The fourth-order valence-electron chi connectivity index (χ4n) is 2.35. The molecule has 0 aromatic heterocycles. The van der Waals surface area contributed by atoms with E-state index in [2.05, 4.69) is 10.6 Å². The zero-order chi connectivity index (χ0) is 13.5. The number of carboxylic acid groups (broad SMARTS) is 1. The van der Waals surface area contributed by atoms with Crippen LogP contribution in [0.5, 0.6) is 0 Å². The molecule has 5 nitrogen and oxygen atoms in total. The molecule has 3 N–H and O–H groups in total. The van der Waals surface area contributed by atoms with Crippen molar-refractivity contribution < 1.29 is 14.7 Å². The van der Waals surface area contributed by atoms with Gasteiger partial charge in [-0.1, -0.05) is 26.7 Å². The number of carboxylic acids is 1. The summed E-state index contributed by atoms with van der Waals surface area (Å²) in [6, 6.07) is -1.16. The summed E-state index contributed by atoms with van der Waals surface area (Å²) in [4.78, 5) is 22.6. The van der Waals surface area contributed by atoms with Gasteiger partial charge in [0, 0.05) is 6.54 Å². The van der Waals surface area contributed by atoms with Gasteiger partial charge >= 0.3 is 12.0 Å². The summed E-state index contributed by atoms with van der Waals surface area (Å²) in [6.45, 7) is 4.53. The van der Waals surface area contributed by atoms with Crippen LogP contribution in [0.25, 0.3) is 0 Å². The molecule has 2 amide bonds. The summed E-state index contributed by atoms with van der Waals surface area (Å²) >= 11 is 0. The molecule has 1 atom stereocenters. The second-order valence-corrected chi connectivity index (χ2v) is 5.53. The maximum absolute atomic E-state index is 11.6. The SMILES string of the molecule is CC(C)C[C@@H](NC(=O)NCC1CCCC1)C(=O)O. The fourth-order valence-corrected chi connectivity index (χ4v) is 2.35. The maximum Gasteiger partial charge on any atom is 0.326 e. The number of hydrogen-bond acceptors (Lipinski definition) is 2. The Morgan fingerprint density at radius 1 is 1.28 bits per heavy atom. The van der Waals surface area contributed by atoms with Crippen molar-refractivity contribution in [2.75, 3.05) is 6.54 Å². The van der Waals surface area contributed by atoms with Gasteiger partial charge in [0.2, 0.25) is 0 Å². The average Bonchev–Trinajstić information content (AvgIpc) is 2.77. The number of amides is 2. The number of urea groups is 1. The highest BCUT2D eigenvalue weighted by Gasteiger charge is 2.22. The van der Waals surface area contributed by atoms with Crippen molar-refractivity contribution in [2.45, 2.75) is 52.0 Å². The highest BCUT2D eigenvalue weighted by Crippen LogP contribution is 2.23. The summed E-state index contributed by atoms with van der Waals surface area (Å²) in [6.07, 6.45) is 5.24. The van der Waals surface area contributed by atoms with E-state index >= 15 is 0 Å². The Morgan fingerprint density at radius 2 is 1.89 bits per heavy atom. The molecule has 0 bridgehead atoms. The predicted molar refractivity (Wildman–Crippen MR) is 69.4 cm³/mol. The molecule has 1 rings (SSSR count). The summed E-state index contributed by atoms with van der Waals surface area (Å²) in [5.41, 5.74) is 0. The minimum absolute atomic E-state index is 0.237. The smallest absolute Gasteiger partial charge is 0.326 e. The van der Waals surface area contributed by atoms with E-state index in [-0.39, 0.29) is 11.9 Å². The first-order chi connectivity index (χ1) is 8.49. The first-order valence-electron chi connectivity index (χ1n) is 6.76. The molecule has 0 aromatic rings. The van der Waals surface area contributed by atoms with Crippen LogP contribution in [0.2, 0.25) is 0 Å². The predicted octanol–water partition coefficient (Wildman–Crippen LogP) is 1.98. The summed E-state index contributed by atoms with van der Waals surface area (Å²) < 4.78 is 0. The van der Waals surface area contributed by atoms with E-state index in [1.807, 2.05) is 13.8 Å². The standard InChI is InChI=1S/C13H24N2O3/c1-9(2)7-11(12(16)17)15-13(18)14-8-10-5-3-4-6-10/h9-11H,3-8H2,1-2H3,(H,16,17)(H2,14,15,18)/t11-/m1/s1. The third kappa shape index (κ3) is 5.38. The second-order valence-electron chi connectivity index (χ2n) is 5.53. The van der Waals surface area contributed by atoms with Gasteiger partial charge in [-0.2, -0.15) is 0 Å². The molecule has 5 heteroatoms. The van der Waals surface area contributed by atoms with E-state index in [0.29, 0.717) is 18.9 Å². The lowest BCUT2D eigenvalue weighted by molar-refractivity contribution is -0.139. The molecule has 0 spiro atoms. The number of carbonyl (C=O) groups excluding carboxylic acids is 1. The Hall–Kier alpha value is -1.26. The van der Waals surface area contributed by atoms with Crippen molar-refractivity contribution in [2.24, 2.45) is 11.8 Å². The summed E-state index contributed by atoms with van der Waals surface area (Å²) in [5.74, 6) is -0.176. The number of rotatable bonds is 6. The second kappa shape index (κ2) is 7.24. The molecular weight excluding hydrogens is 232 g/mol. The molecule has 0 radical (unpaired) electrons. The lowest BCUT2D eigenvalue weighted by Gasteiger charge is -2.18. The summed E-state index contributed by atoms with van der Waals surface area (Å²) in [5, 5.41) is 14.3. The van der Waals surface area contributed by atoms with E-state index < -0.39 is 12.0 Å². The van der Waals surface area contributed by atoms with Gasteiger partial charge in [0.05, 0.1) is 0 Å². The molecular formula is C13H24N2O3. The van der Waals surface area contributed by atoms with Gasteiger partial charge in [0.1, 0.15) is 6.04 Å². The molecule has 1 aliphatic rings. The monoisotopic (exact) mass is 256 g/mol. The number of carbonyl (C=O) groups is 2. The zero-order valence-electron chi connectivity index (χ0n) is 11.2. The third-order valence-electron chi connectivity index (χ3n) is 3.34. The van der Waals surface area contributed by atoms with Gasteiger partial charge in [-0.3, -0.25) is 0 Å². The van der Waals surface area contributed by atoms with Gasteiger partial charge in [-0.15, -0.1) is 0 Å². The van der Waals surface area contributed by atoms with Crippen LogP contribution >= 0.6 is 0 Å². The molecule has 0 aromatic carbocycles. The van der Waals surface area contributed by atoms with E-state index in [1.54, 1.807) is 0 Å². The summed E-state index contributed by atoms with van der Waals surface area (Å²) in [7, 11) is 0. The normalized spacial score (nSPS) is 17.7. The quantitative estimate of drug-likeness (QED) is 0.680. The van der Waals surface area contributed by atoms with Crippen LogP contribution in [0, 0.1) is 11.8 Å². The topological polar surface area (TPSA) is 78.4 Å². The first kappa shape index (κ1) is 14.8. The Morgan fingerprint density at radius 3 is 2.39 bits per heavy atom. The number of nitrogens with one attached hydrogen (secondary N) is 2. The number of aliphatic carboxylic acids is 1. The van der Waals surface area contributed by atoms with Crippen LogP contribution in [-0.2, 0) is 4.79 Å². The van der Waals surface area contributed by atoms with Crippen molar-refractivity contribution in [3.8, 4) is 0 Å². The highest BCUT2D eigenvalue weighted by atomic mass is 16.4. The Balaban J connectivity index is 2.29. The number of hydrogen-bond donors (Lipinski definition) is 3. The molecule has 0 saturated heterocycles. The van der Waals surface area contributed by atoms with Gasteiger partial charge < -0.3 is 15.7 Å². The molecule has 0 aliphatic heterocycles. The van der Waals surface area contributed by atoms with Crippen LogP contribution < -0.4 is 10.6 Å². The van der Waals surface area contributed by atoms with Crippen molar-refractivity contribution >= 4 is 12.0 Å². The van der Waals surface area contributed by atoms with Gasteiger partial charge in [0.25, 0.3) is 0 Å². The Kier molecular flexibility index (Phi) is 5.95. The van der Waals surface area contributed by atoms with E-state index in [1.165, 1.54) is 12.8 Å². The van der Waals surface area contributed by atoms with Crippen molar-refractivity contribution in [1.82, 2.24) is 10.6 Å². The van der Waals surface area contributed by atoms with Crippen molar-refractivity contribution in [3.63, 3.8) is 0 Å². The van der Waals surface area contributed by atoms with Crippen LogP contribution in [0.3, 0.4) is 0 Å². The molecule has 0 unspecified atom stereocenters. The van der Waals surface area contributed by atoms with Gasteiger partial charge in [-0.05, 0) is 31.1 Å². The van der Waals surface area contributed by atoms with Crippen LogP contribution in [0.4, 0.5) is 4.79 Å². The van der Waals surface area contributed by atoms with Crippen LogP contribution in [0.1, 0.15) is 46.0 Å². The largest absolute Gasteiger partial charge is 0.480 e. The van der Waals surface area contributed by atoms with E-state index in [4.69, 9.17) is 5.11 Å². The molecule has 18 heavy (non-hydrogen) atoms. The average molecular weight is 256 g/mol. The minimum Gasteiger partial charge on any atom is -0.480 e. The minimum atomic E-state index is -0.972. The Labute approximate surface area is 108 Å². The fraction of sp³-hybridized carbons (Fsp3) is 0.846. The zero-order valence-corrected chi connectivity index (χ0v) is 11.2. The van der Waals surface area contributed by atoms with Crippen molar-refractivity contribution in [3.05, 3.63) is 0 Å². The van der Waals surface area contributed by atoms with E-state index in [0.717, 1.165) is 12.8 Å². The lowest BCUT2D eigenvalue weighted by Crippen LogP contribution is -2.47. The van der Waals surface area contributed by atoms with Crippen LogP contribution in [-0.4, -0.2) is 29.7 Å². The molecule has 1 saturated carbocycles. The third-order valence-corrected chi connectivity index (χ3v) is 3.34. The van der Waals surface area contributed by atoms with Gasteiger partial charge in [-0.25, -0.2) is 9.59 Å². The maximum atomic E-state index is 11.6. The van der Waals surface area contributed by atoms with E-state index in [9.17, 15) is 9.59 Å². The molecule has 1 fully saturated rings. The highest BCUT2D eigenvalue weighted by molar-refractivity contribution is 5.82. The molecule has 104 valence electrons. The Bertz CT molecular complexity index is 286. The van der Waals surface area contributed by atoms with Crippen LogP contribution in [0.15, 0.2) is 0 Å². The molecule has 1 aliphatic carbocycles.